The number of benzene rings is 1. The van der Waals surface area contributed by atoms with Crippen molar-refractivity contribution >= 4 is 23.2 Å². The summed E-state index contributed by atoms with van der Waals surface area (Å²) >= 11 is 12.4. The van der Waals surface area contributed by atoms with Gasteiger partial charge in [0.2, 0.25) is 0 Å². The van der Waals surface area contributed by atoms with Crippen molar-refractivity contribution in [3.05, 3.63) is 46.5 Å². The molecule has 1 atom stereocenters. The topological polar surface area (TPSA) is 15.3 Å². The van der Waals surface area contributed by atoms with Gasteiger partial charge in [-0.25, -0.2) is 0 Å². The molecule has 98 valence electrons. The summed E-state index contributed by atoms with van der Waals surface area (Å²) in [5.74, 6) is 0. The van der Waals surface area contributed by atoms with Crippen molar-refractivity contribution in [3.8, 4) is 0 Å². The van der Waals surface area contributed by atoms with Crippen LogP contribution in [0.25, 0.3) is 0 Å². The predicted molar refractivity (Wildman–Crippen MR) is 78.5 cm³/mol. The highest BCUT2D eigenvalue weighted by molar-refractivity contribution is 6.42. The third-order valence-corrected chi connectivity index (χ3v) is 4.16. The fourth-order valence-electron chi connectivity index (χ4n) is 2.40. The first kappa shape index (κ1) is 13.9. The Morgan fingerprint density at radius 3 is 2.72 bits per heavy atom. The molecule has 0 aliphatic carbocycles. The van der Waals surface area contributed by atoms with Crippen LogP contribution in [0.2, 0.25) is 10.0 Å². The Kier molecular flexibility index (Phi) is 5.07. The van der Waals surface area contributed by atoms with Gasteiger partial charge in [0.05, 0.1) is 10.0 Å². The standard InChI is InChI=1S/C14H18Cl2N2/c1-2-4-13(18-9-7-17-8-10-18)11-5-3-6-12(15)14(11)16/h2-3,5-6,13,17H,1,4,7-10H2/t13-/m1/s1. The molecule has 0 aromatic heterocycles. The van der Waals surface area contributed by atoms with Crippen LogP contribution in [0.1, 0.15) is 18.0 Å². The van der Waals surface area contributed by atoms with Crippen molar-refractivity contribution in [2.45, 2.75) is 12.5 Å². The summed E-state index contributed by atoms with van der Waals surface area (Å²) in [5.41, 5.74) is 1.10. The summed E-state index contributed by atoms with van der Waals surface area (Å²) in [6, 6.07) is 6.12. The molecule has 1 aliphatic heterocycles. The van der Waals surface area contributed by atoms with Crippen molar-refractivity contribution < 1.29 is 0 Å². The number of halogens is 2. The number of nitrogens with zero attached hydrogens (tertiary/aromatic N) is 1. The summed E-state index contributed by atoms with van der Waals surface area (Å²) in [4.78, 5) is 2.44. The highest BCUT2D eigenvalue weighted by Crippen LogP contribution is 2.34. The molecule has 1 aliphatic rings. The number of nitrogens with one attached hydrogen (secondary N) is 1. The van der Waals surface area contributed by atoms with Crippen LogP contribution >= 0.6 is 23.2 Å². The van der Waals surface area contributed by atoms with E-state index in [9.17, 15) is 0 Å². The average molecular weight is 285 g/mol. The third-order valence-electron chi connectivity index (χ3n) is 3.32. The zero-order valence-electron chi connectivity index (χ0n) is 10.3. The van der Waals surface area contributed by atoms with Gasteiger partial charge in [-0.2, -0.15) is 0 Å². The van der Waals surface area contributed by atoms with Gasteiger partial charge < -0.3 is 5.32 Å². The van der Waals surface area contributed by atoms with E-state index in [4.69, 9.17) is 23.2 Å². The van der Waals surface area contributed by atoms with Gasteiger partial charge in [0, 0.05) is 32.2 Å². The minimum atomic E-state index is 0.274. The van der Waals surface area contributed by atoms with Crippen LogP contribution in [0.4, 0.5) is 0 Å². The van der Waals surface area contributed by atoms with Crippen LogP contribution in [0.3, 0.4) is 0 Å². The quantitative estimate of drug-likeness (QED) is 0.852. The molecule has 2 nitrogen and oxygen atoms in total. The molecule has 0 bridgehead atoms. The summed E-state index contributed by atoms with van der Waals surface area (Å²) in [7, 11) is 0. The first-order valence-electron chi connectivity index (χ1n) is 6.23. The van der Waals surface area contributed by atoms with Gasteiger partial charge in [-0.3, -0.25) is 4.90 Å². The Labute approximate surface area is 119 Å². The van der Waals surface area contributed by atoms with Gasteiger partial charge in [-0.05, 0) is 18.1 Å². The van der Waals surface area contributed by atoms with Crippen molar-refractivity contribution in [3.63, 3.8) is 0 Å². The van der Waals surface area contributed by atoms with Crippen molar-refractivity contribution in [2.24, 2.45) is 0 Å². The Morgan fingerprint density at radius 1 is 1.33 bits per heavy atom. The number of hydrogen-bond donors (Lipinski definition) is 1. The van der Waals surface area contributed by atoms with Gasteiger partial charge in [0.1, 0.15) is 0 Å². The fraction of sp³-hybridized carbons (Fsp3) is 0.429. The van der Waals surface area contributed by atoms with E-state index >= 15 is 0 Å². The van der Waals surface area contributed by atoms with E-state index in [0.717, 1.165) is 38.2 Å². The molecule has 0 unspecified atom stereocenters. The van der Waals surface area contributed by atoms with Gasteiger partial charge in [-0.15, -0.1) is 6.58 Å². The highest BCUT2D eigenvalue weighted by atomic mass is 35.5. The van der Waals surface area contributed by atoms with Gasteiger partial charge in [-0.1, -0.05) is 41.4 Å². The second-order valence-corrected chi connectivity index (χ2v) is 5.25. The minimum absolute atomic E-state index is 0.274. The van der Waals surface area contributed by atoms with E-state index in [-0.39, 0.29) is 6.04 Å². The number of hydrogen-bond acceptors (Lipinski definition) is 2. The number of rotatable bonds is 4. The molecule has 0 saturated carbocycles. The minimum Gasteiger partial charge on any atom is -0.314 e. The largest absolute Gasteiger partial charge is 0.314 e. The van der Waals surface area contributed by atoms with E-state index in [0.29, 0.717) is 10.0 Å². The molecule has 1 aromatic carbocycles. The Bertz CT molecular complexity index is 414. The first-order chi connectivity index (χ1) is 8.74. The maximum atomic E-state index is 6.33. The van der Waals surface area contributed by atoms with Gasteiger partial charge in [0.15, 0.2) is 0 Å². The summed E-state index contributed by atoms with van der Waals surface area (Å²) in [5, 5.41) is 4.66. The summed E-state index contributed by atoms with van der Waals surface area (Å²) in [6.07, 6.45) is 2.84. The first-order valence-corrected chi connectivity index (χ1v) is 6.99. The maximum absolute atomic E-state index is 6.33. The Balaban J connectivity index is 2.28. The highest BCUT2D eigenvalue weighted by Gasteiger charge is 2.23. The maximum Gasteiger partial charge on any atom is 0.0640 e. The lowest BCUT2D eigenvalue weighted by Gasteiger charge is -2.35. The molecule has 1 heterocycles. The Hall–Kier alpha value is -0.540. The molecule has 1 aromatic rings. The fourth-order valence-corrected chi connectivity index (χ4v) is 2.84. The smallest absolute Gasteiger partial charge is 0.0640 e. The predicted octanol–water partition coefficient (Wildman–Crippen LogP) is 3.52. The van der Waals surface area contributed by atoms with E-state index in [2.05, 4.69) is 22.9 Å². The molecule has 0 radical (unpaired) electrons. The van der Waals surface area contributed by atoms with Crippen molar-refractivity contribution in [2.75, 3.05) is 26.2 Å². The lowest BCUT2D eigenvalue weighted by molar-refractivity contribution is 0.174. The van der Waals surface area contributed by atoms with E-state index in [1.54, 1.807) is 0 Å². The lowest BCUT2D eigenvalue weighted by atomic mass is 10.0. The normalized spacial score (nSPS) is 18.6. The van der Waals surface area contributed by atoms with Crippen LogP contribution in [-0.2, 0) is 0 Å². The summed E-state index contributed by atoms with van der Waals surface area (Å²) < 4.78 is 0. The third kappa shape index (κ3) is 3.07. The molecule has 1 fully saturated rings. The Morgan fingerprint density at radius 2 is 2.06 bits per heavy atom. The van der Waals surface area contributed by atoms with Crippen LogP contribution in [-0.4, -0.2) is 31.1 Å². The van der Waals surface area contributed by atoms with E-state index < -0.39 is 0 Å². The molecule has 0 amide bonds. The second kappa shape index (κ2) is 6.58. The van der Waals surface area contributed by atoms with E-state index in [1.807, 2.05) is 18.2 Å². The van der Waals surface area contributed by atoms with Gasteiger partial charge >= 0.3 is 0 Å². The number of piperazine rings is 1. The SMILES string of the molecule is C=CC[C@H](c1cccc(Cl)c1Cl)N1CCNCC1. The second-order valence-electron chi connectivity index (χ2n) is 4.47. The molecule has 0 spiro atoms. The molecular formula is C14H18Cl2N2. The zero-order valence-corrected chi connectivity index (χ0v) is 11.8. The van der Waals surface area contributed by atoms with Crippen LogP contribution in [0.15, 0.2) is 30.9 Å². The van der Waals surface area contributed by atoms with Crippen molar-refractivity contribution in [1.82, 2.24) is 10.2 Å². The van der Waals surface area contributed by atoms with Crippen molar-refractivity contribution in [1.29, 1.82) is 0 Å². The van der Waals surface area contributed by atoms with Crippen LogP contribution in [0, 0.1) is 0 Å². The molecular weight excluding hydrogens is 267 g/mol. The van der Waals surface area contributed by atoms with Crippen LogP contribution < -0.4 is 5.32 Å². The van der Waals surface area contributed by atoms with Crippen LogP contribution in [0.5, 0.6) is 0 Å². The molecule has 4 heteroatoms. The average Bonchev–Trinajstić information content (AvgIpc) is 2.41. The molecule has 2 rings (SSSR count). The monoisotopic (exact) mass is 284 g/mol. The molecule has 1 N–H and O–H groups in total. The zero-order chi connectivity index (χ0) is 13.0. The molecule has 18 heavy (non-hydrogen) atoms. The summed E-state index contributed by atoms with van der Waals surface area (Å²) in [6.45, 7) is 7.95. The van der Waals surface area contributed by atoms with Gasteiger partial charge in [0.25, 0.3) is 0 Å². The lowest BCUT2D eigenvalue weighted by Crippen LogP contribution is -2.45. The van der Waals surface area contributed by atoms with E-state index in [1.165, 1.54) is 0 Å². The molecule has 1 saturated heterocycles.